The van der Waals surface area contributed by atoms with Gasteiger partial charge < -0.3 is 10.0 Å². The summed E-state index contributed by atoms with van der Waals surface area (Å²) in [5, 5.41) is 8.80. The largest absolute Gasteiger partial charge is 0.396 e. The zero-order valence-electron chi connectivity index (χ0n) is 10.3. The number of anilines is 1. The molecule has 0 aliphatic carbocycles. The van der Waals surface area contributed by atoms with Gasteiger partial charge in [-0.2, -0.15) is 0 Å². The quantitative estimate of drug-likeness (QED) is 0.834. The Labute approximate surface area is 103 Å². The second-order valence-electron chi connectivity index (χ2n) is 3.92. The van der Waals surface area contributed by atoms with Crippen LogP contribution < -0.4 is 4.90 Å². The summed E-state index contributed by atoms with van der Waals surface area (Å²) < 4.78 is 22.6. The van der Waals surface area contributed by atoms with Gasteiger partial charge in [0.1, 0.15) is 0 Å². The Morgan fingerprint density at radius 1 is 1.24 bits per heavy atom. The first-order valence-corrected chi connectivity index (χ1v) is 7.54. The molecule has 1 rings (SSSR count). The molecule has 0 amide bonds. The first kappa shape index (κ1) is 14.0. The van der Waals surface area contributed by atoms with Crippen LogP contribution in [0.5, 0.6) is 0 Å². The lowest BCUT2D eigenvalue weighted by Crippen LogP contribution is -2.24. The summed E-state index contributed by atoms with van der Waals surface area (Å²) in [4.78, 5) is 2.43. The molecule has 0 unspecified atom stereocenters. The molecule has 17 heavy (non-hydrogen) atoms. The van der Waals surface area contributed by atoms with E-state index in [1.54, 1.807) is 24.3 Å². The van der Waals surface area contributed by atoms with E-state index in [-0.39, 0.29) is 6.61 Å². The van der Waals surface area contributed by atoms with E-state index in [0.717, 1.165) is 18.8 Å². The monoisotopic (exact) mass is 257 g/mol. The van der Waals surface area contributed by atoms with Crippen molar-refractivity contribution >= 4 is 15.5 Å². The van der Waals surface area contributed by atoms with E-state index in [0.29, 0.717) is 11.3 Å². The molecule has 5 heteroatoms. The van der Waals surface area contributed by atoms with Crippen LogP contribution in [0.4, 0.5) is 5.69 Å². The van der Waals surface area contributed by atoms with Crippen LogP contribution in [0.3, 0.4) is 0 Å². The van der Waals surface area contributed by atoms with E-state index >= 15 is 0 Å². The molecule has 1 aromatic rings. The SMILES string of the molecule is CCN(CCCO)c1ccc(S(C)(=O)=O)cc1. The van der Waals surface area contributed by atoms with Gasteiger partial charge in [-0.1, -0.05) is 0 Å². The molecule has 1 aromatic carbocycles. The molecular formula is C12H19NO3S. The molecule has 0 atom stereocenters. The first-order valence-electron chi connectivity index (χ1n) is 5.65. The predicted octanol–water partition coefficient (Wildman–Crippen LogP) is 1.30. The predicted molar refractivity (Wildman–Crippen MR) is 69.1 cm³/mol. The Hall–Kier alpha value is -1.07. The maximum absolute atomic E-state index is 11.3. The van der Waals surface area contributed by atoms with Crippen molar-refractivity contribution in [3.63, 3.8) is 0 Å². The van der Waals surface area contributed by atoms with Crippen LogP contribution in [-0.4, -0.2) is 39.5 Å². The number of aliphatic hydroxyl groups excluding tert-OH is 1. The van der Waals surface area contributed by atoms with Crippen LogP contribution in [0.2, 0.25) is 0 Å². The van der Waals surface area contributed by atoms with E-state index in [1.807, 2.05) is 6.92 Å². The van der Waals surface area contributed by atoms with Crippen molar-refractivity contribution < 1.29 is 13.5 Å². The highest BCUT2D eigenvalue weighted by molar-refractivity contribution is 7.90. The van der Waals surface area contributed by atoms with Crippen molar-refractivity contribution in [2.75, 3.05) is 30.9 Å². The first-order chi connectivity index (χ1) is 7.99. The number of rotatable bonds is 6. The Kier molecular flexibility index (Phi) is 4.96. The molecule has 0 radical (unpaired) electrons. The number of aliphatic hydroxyl groups is 1. The standard InChI is InChI=1S/C12H19NO3S/c1-3-13(9-4-10-14)11-5-7-12(8-6-11)17(2,15)16/h5-8,14H,3-4,9-10H2,1-2H3. The Morgan fingerprint density at radius 2 is 1.82 bits per heavy atom. The molecule has 1 N–H and O–H groups in total. The summed E-state index contributed by atoms with van der Waals surface area (Å²) in [6.07, 6.45) is 1.91. The van der Waals surface area contributed by atoms with Crippen molar-refractivity contribution in [2.45, 2.75) is 18.2 Å². The number of hydrogen-bond acceptors (Lipinski definition) is 4. The van der Waals surface area contributed by atoms with Crippen molar-refractivity contribution in [1.29, 1.82) is 0 Å². The molecule has 0 saturated carbocycles. The van der Waals surface area contributed by atoms with Gasteiger partial charge in [0.25, 0.3) is 0 Å². The molecule has 0 aliphatic rings. The van der Waals surface area contributed by atoms with Crippen LogP contribution in [-0.2, 0) is 9.84 Å². The molecule has 0 fully saturated rings. The highest BCUT2D eigenvalue weighted by atomic mass is 32.2. The Bertz CT molecular complexity index is 439. The zero-order valence-corrected chi connectivity index (χ0v) is 11.1. The molecule has 0 saturated heterocycles. The maximum Gasteiger partial charge on any atom is 0.175 e. The topological polar surface area (TPSA) is 57.6 Å². The number of hydrogen-bond donors (Lipinski definition) is 1. The molecule has 0 heterocycles. The second kappa shape index (κ2) is 6.02. The van der Waals surface area contributed by atoms with Gasteiger partial charge in [0.2, 0.25) is 0 Å². The Morgan fingerprint density at radius 3 is 2.24 bits per heavy atom. The van der Waals surface area contributed by atoms with Crippen LogP contribution in [0, 0.1) is 0 Å². The van der Waals surface area contributed by atoms with Gasteiger partial charge in [-0.25, -0.2) is 8.42 Å². The minimum absolute atomic E-state index is 0.165. The minimum Gasteiger partial charge on any atom is -0.396 e. The average Bonchev–Trinajstić information content (AvgIpc) is 2.29. The van der Waals surface area contributed by atoms with Gasteiger partial charge in [-0.05, 0) is 37.6 Å². The Balaban J connectivity index is 2.85. The molecule has 96 valence electrons. The third kappa shape index (κ3) is 4.02. The number of benzene rings is 1. The van der Waals surface area contributed by atoms with Crippen molar-refractivity contribution in [1.82, 2.24) is 0 Å². The van der Waals surface area contributed by atoms with Gasteiger partial charge in [-0.3, -0.25) is 0 Å². The average molecular weight is 257 g/mol. The van der Waals surface area contributed by atoms with Crippen molar-refractivity contribution in [3.8, 4) is 0 Å². The van der Waals surface area contributed by atoms with Gasteiger partial charge in [0.15, 0.2) is 9.84 Å². The summed E-state index contributed by atoms with van der Waals surface area (Å²) in [7, 11) is -3.13. The van der Waals surface area contributed by atoms with E-state index in [1.165, 1.54) is 6.26 Å². The number of nitrogens with zero attached hydrogens (tertiary/aromatic N) is 1. The zero-order chi connectivity index (χ0) is 12.9. The van der Waals surface area contributed by atoms with Crippen molar-refractivity contribution in [2.24, 2.45) is 0 Å². The van der Waals surface area contributed by atoms with Gasteiger partial charge in [-0.15, -0.1) is 0 Å². The van der Waals surface area contributed by atoms with Gasteiger partial charge >= 0.3 is 0 Å². The summed E-state index contributed by atoms with van der Waals surface area (Å²) in [5.41, 5.74) is 0.980. The lowest BCUT2D eigenvalue weighted by atomic mass is 10.2. The number of sulfone groups is 1. The van der Waals surface area contributed by atoms with E-state index in [2.05, 4.69) is 4.90 Å². The highest BCUT2D eigenvalue weighted by Gasteiger charge is 2.08. The second-order valence-corrected chi connectivity index (χ2v) is 5.94. The smallest absolute Gasteiger partial charge is 0.175 e. The highest BCUT2D eigenvalue weighted by Crippen LogP contribution is 2.18. The molecule has 0 spiro atoms. The summed E-state index contributed by atoms with van der Waals surface area (Å²) >= 11 is 0. The molecule has 0 aromatic heterocycles. The normalized spacial score (nSPS) is 11.5. The summed E-state index contributed by atoms with van der Waals surface area (Å²) in [5.74, 6) is 0. The lowest BCUT2D eigenvalue weighted by Gasteiger charge is -2.22. The molecule has 4 nitrogen and oxygen atoms in total. The van der Waals surface area contributed by atoms with Crippen LogP contribution in [0.25, 0.3) is 0 Å². The minimum atomic E-state index is -3.13. The van der Waals surface area contributed by atoms with Gasteiger partial charge in [0, 0.05) is 31.6 Å². The fourth-order valence-electron chi connectivity index (χ4n) is 1.64. The third-order valence-corrected chi connectivity index (χ3v) is 3.73. The van der Waals surface area contributed by atoms with Crippen LogP contribution in [0.15, 0.2) is 29.2 Å². The summed E-state index contributed by atoms with van der Waals surface area (Å²) in [6, 6.07) is 6.84. The summed E-state index contributed by atoms with van der Waals surface area (Å²) in [6.45, 7) is 3.79. The fraction of sp³-hybridized carbons (Fsp3) is 0.500. The van der Waals surface area contributed by atoms with Crippen LogP contribution in [0.1, 0.15) is 13.3 Å². The van der Waals surface area contributed by atoms with Crippen molar-refractivity contribution in [3.05, 3.63) is 24.3 Å². The van der Waals surface area contributed by atoms with E-state index in [9.17, 15) is 8.42 Å². The van der Waals surface area contributed by atoms with Crippen LogP contribution >= 0.6 is 0 Å². The molecule has 0 aliphatic heterocycles. The molecular weight excluding hydrogens is 238 g/mol. The third-order valence-electron chi connectivity index (χ3n) is 2.60. The lowest BCUT2D eigenvalue weighted by molar-refractivity contribution is 0.289. The van der Waals surface area contributed by atoms with E-state index < -0.39 is 9.84 Å². The van der Waals surface area contributed by atoms with Gasteiger partial charge in [0.05, 0.1) is 4.90 Å². The fourth-order valence-corrected chi connectivity index (χ4v) is 2.27. The maximum atomic E-state index is 11.3. The van der Waals surface area contributed by atoms with E-state index in [4.69, 9.17) is 5.11 Å². The molecule has 0 bridgehead atoms.